The van der Waals surface area contributed by atoms with Crippen LogP contribution in [0.5, 0.6) is 0 Å². The highest BCUT2D eigenvalue weighted by atomic mass is 32.2. The maximum Gasteiger partial charge on any atom is 0.182 e. The Balaban J connectivity index is 1.95. The van der Waals surface area contributed by atoms with Crippen LogP contribution in [0.4, 0.5) is 0 Å². The molecule has 1 aliphatic carbocycles. The van der Waals surface area contributed by atoms with Crippen LogP contribution in [0.1, 0.15) is 11.5 Å². The third-order valence-electron chi connectivity index (χ3n) is 3.92. The van der Waals surface area contributed by atoms with Crippen molar-refractivity contribution in [3.63, 3.8) is 0 Å². The molecule has 0 aromatic heterocycles. The van der Waals surface area contributed by atoms with E-state index in [0.717, 1.165) is 5.56 Å². The predicted molar refractivity (Wildman–Crippen MR) is 77.2 cm³/mol. The normalized spacial score (nSPS) is 25.4. The number of aliphatic hydroxyl groups is 1. The van der Waals surface area contributed by atoms with Gasteiger partial charge in [0.15, 0.2) is 9.84 Å². The van der Waals surface area contributed by atoms with Crippen molar-refractivity contribution >= 4 is 9.84 Å². The zero-order chi connectivity index (χ0) is 14.2. The molecule has 3 nitrogen and oxygen atoms in total. The second-order valence-corrected chi connectivity index (χ2v) is 7.21. The van der Waals surface area contributed by atoms with Gasteiger partial charge in [-0.25, -0.2) is 8.42 Å². The van der Waals surface area contributed by atoms with Gasteiger partial charge in [-0.3, -0.25) is 0 Å². The number of rotatable bonds is 4. The second-order valence-electron chi connectivity index (χ2n) is 5.11. The van der Waals surface area contributed by atoms with Crippen molar-refractivity contribution in [2.75, 3.05) is 6.61 Å². The molecule has 0 saturated heterocycles. The molecule has 0 radical (unpaired) electrons. The van der Waals surface area contributed by atoms with E-state index in [1.165, 1.54) is 0 Å². The molecule has 1 aliphatic rings. The van der Waals surface area contributed by atoms with E-state index in [-0.39, 0.29) is 18.4 Å². The highest BCUT2D eigenvalue weighted by Gasteiger charge is 2.58. The fourth-order valence-electron chi connectivity index (χ4n) is 2.86. The molecule has 0 amide bonds. The van der Waals surface area contributed by atoms with E-state index >= 15 is 0 Å². The third kappa shape index (κ3) is 2.15. The van der Waals surface area contributed by atoms with Crippen LogP contribution in [0.25, 0.3) is 0 Å². The Labute approximate surface area is 118 Å². The first kappa shape index (κ1) is 13.3. The average molecular weight is 288 g/mol. The summed E-state index contributed by atoms with van der Waals surface area (Å²) < 4.78 is 25.3. The van der Waals surface area contributed by atoms with Gasteiger partial charge in [0.2, 0.25) is 0 Å². The van der Waals surface area contributed by atoms with Gasteiger partial charge in [-0.1, -0.05) is 48.5 Å². The fraction of sp³-hybridized carbons (Fsp3) is 0.250. The van der Waals surface area contributed by atoms with E-state index in [9.17, 15) is 13.5 Å². The molecule has 3 unspecified atom stereocenters. The van der Waals surface area contributed by atoms with Gasteiger partial charge in [0.25, 0.3) is 0 Å². The molecule has 0 heterocycles. The Bertz CT molecular complexity index is 680. The lowest BCUT2D eigenvalue weighted by atomic mass is 10.1. The molecule has 1 N–H and O–H groups in total. The monoisotopic (exact) mass is 288 g/mol. The minimum atomic E-state index is -3.38. The number of hydrogen-bond donors (Lipinski definition) is 1. The molecular formula is C16H16O3S. The number of sulfone groups is 1. The maximum atomic E-state index is 12.6. The molecular weight excluding hydrogens is 272 g/mol. The number of benzene rings is 2. The largest absolute Gasteiger partial charge is 0.396 e. The Morgan fingerprint density at radius 1 is 0.900 bits per heavy atom. The van der Waals surface area contributed by atoms with Crippen molar-refractivity contribution in [2.45, 2.75) is 16.1 Å². The van der Waals surface area contributed by atoms with Gasteiger partial charge in [0.05, 0.1) is 10.1 Å². The van der Waals surface area contributed by atoms with Gasteiger partial charge in [-0.05, 0) is 17.7 Å². The molecule has 1 saturated carbocycles. The number of hydrogen-bond acceptors (Lipinski definition) is 3. The molecule has 20 heavy (non-hydrogen) atoms. The summed E-state index contributed by atoms with van der Waals surface area (Å²) in [6, 6.07) is 18.0. The standard InChI is InChI=1S/C16H16O3S/c17-11-14-15(12-7-3-1-4-8-12)16(14)20(18,19)13-9-5-2-6-10-13/h1-10,14-17H,11H2. The Kier molecular flexibility index (Phi) is 3.36. The first-order valence-corrected chi connectivity index (χ1v) is 8.15. The van der Waals surface area contributed by atoms with Gasteiger partial charge in [-0.15, -0.1) is 0 Å². The van der Waals surface area contributed by atoms with Crippen LogP contribution in [0.15, 0.2) is 65.6 Å². The lowest BCUT2D eigenvalue weighted by Crippen LogP contribution is -2.11. The van der Waals surface area contributed by atoms with Crippen LogP contribution in [-0.2, 0) is 9.84 Å². The fourth-order valence-corrected chi connectivity index (χ4v) is 5.08. The SMILES string of the molecule is O=S(=O)(c1ccccc1)C1C(CO)C1c1ccccc1. The van der Waals surface area contributed by atoms with Gasteiger partial charge >= 0.3 is 0 Å². The van der Waals surface area contributed by atoms with Crippen molar-refractivity contribution in [2.24, 2.45) is 5.92 Å². The second kappa shape index (κ2) is 5.04. The molecule has 0 aliphatic heterocycles. The molecule has 2 aromatic carbocycles. The smallest absolute Gasteiger partial charge is 0.182 e. The summed E-state index contributed by atoms with van der Waals surface area (Å²) >= 11 is 0. The first-order chi connectivity index (χ1) is 9.66. The van der Waals surface area contributed by atoms with Gasteiger partial charge < -0.3 is 5.11 Å². The summed E-state index contributed by atoms with van der Waals surface area (Å²) in [5.41, 5.74) is 0.982. The highest BCUT2D eigenvalue weighted by molar-refractivity contribution is 7.92. The minimum absolute atomic E-state index is 0.101. The van der Waals surface area contributed by atoms with E-state index in [1.54, 1.807) is 30.3 Å². The van der Waals surface area contributed by atoms with E-state index in [0.29, 0.717) is 4.90 Å². The molecule has 1 fully saturated rings. The summed E-state index contributed by atoms with van der Waals surface area (Å²) in [6.07, 6.45) is 0. The van der Waals surface area contributed by atoms with E-state index in [2.05, 4.69) is 0 Å². The summed E-state index contributed by atoms with van der Waals surface area (Å²) in [7, 11) is -3.38. The predicted octanol–water partition coefficient (Wildman–Crippen LogP) is 2.23. The Morgan fingerprint density at radius 3 is 2.00 bits per heavy atom. The summed E-state index contributed by atoms with van der Waals surface area (Å²) in [4.78, 5) is 0.335. The van der Waals surface area contributed by atoms with Gasteiger partial charge in [-0.2, -0.15) is 0 Å². The molecule has 104 valence electrons. The van der Waals surface area contributed by atoms with Gasteiger partial charge in [0.1, 0.15) is 0 Å². The van der Waals surface area contributed by atoms with Crippen LogP contribution in [-0.4, -0.2) is 25.4 Å². The van der Waals surface area contributed by atoms with Crippen LogP contribution < -0.4 is 0 Å². The molecule has 4 heteroatoms. The first-order valence-electron chi connectivity index (χ1n) is 6.61. The minimum Gasteiger partial charge on any atom is -0.396 e. The molecule has 2 aromatic rings. The summed E-state index contributed by atoms with van der Waals surface area (Å²) in [6.45, 7) is -0.101. The van der Waals surface area contributed by atoms with E-state index in [1.807, 2.05) is 30.3 Å². The lowest BCUT2D eigenvalue weighted by Gasteiger charge is -2.03. The molecule has 3 atom stereocenters. The van der Waals surface area contributed by atoms with E-state index < -0.39 is 15.1 Å². The molecule has 3 rings (SSSR count). The van der Waals surface area contributed by atoms with Crippen molar-refractivity contribution < 1.29 is 13.5 Å². The summed E-state index contributed by atoms with van der Waals surface area (Å²) in [5, 5.41) is 8.94. The third-order valence-corrected chi connectivity index (χ3v) is 6.21. The molecule has 0 spiro atoms. The Hall–Kier alpha value is -1.65. The molecule has 0 bridgehead atoms. The quantitative estimate of drug-likeness (QED) is 0.938. The van der Waals surface area contributed by atoms with Crippen molar-refractivity contribution in [3.8, 4) is 0 Å². The van der Waals surface area contributed by atoms with Crippen LogP contribution in [0.2, 0.25) is 0 Å². The lowest BCUT2D eigenvalue weighted by molar-refractivity contribution is 0.274. The van der Waals surface area contributed by atoms with Gasteiger partial charge in [0, 0.05) is 18.4 Å². The summed E-state index contributed by atoms with van der Waals surface area (Å²) in [5.74, 6) is -0.311. The average Bonchev–Trinajstić information content (AvgIpc) is 3.24. The zero-order valence-corrected chi connectivity index (χ0v) is 11.7. The van der Waals surface area contributed by atoms with Crippen LogP contribution >= 0.6 is 0 Å². The Morgan fingerprint density at radius 2 is 1.45 bits per heavy atom. The maximum absolute atomic E-state index is 12.6. The van der Waals surface area contributed by atoms with Crippen LogP contribution in [0.3, 0.4) is 0 Å². The number of aliphatic hydroxyl groups excluding tert-OH is 1. The van der Waals surface area contributed by atoms with Crippen molar-refractivity contribution in [3.05, 3.63) is 66.2 Å². The van der Waals surface area contributed by atoms with Crippen LogP contribution in [0, 0.1) is 5.92 Å². The topological polar surface area (TPSA) is 54.4 Å². The van der Waals surface area contributed by atoms with E-state index in [4.69, 9.17) is 0 Å². The zero-order valence-electron chi connectivity index (χ0n) is 10.9. The van der Waals surface area contributed by atoms with Crippen molar-refractivity contribution in [1.29, 1.82) is 0 Å². The van der Waals surface area contributed by atoms with Crippen molar-refractivity contribution in [1.82, 2.24) is 0 Å². The highest BCUT2D eigenvalue weighted by Crippen LogP contribution is 2.53.